The van der Waals surface area contributed by atoms with E-state index in [4.69, 9.17) is 9.47 Å². The zero-order chi connectivity index (χ0) is 23.1. The Labute approximate surface area is 180 Å². The number of aromatic amines is 1. The van der Waals surface area contributed by atoms with Crippen molar-refractivity contribution in [1.82, 2.24) is 9.97 Å². The van der Waals surface area contributed by atoms with E-state index < -0.39 is 23.6 Å². The molecule has 0 saturated heterocycles. The van der Waals surface area contributed by atoms with E-state index in [0.717, 1.165) is 0 Å². The highest BCUT2D eigenvalue weighted by Gasteiger charge is 2.33. The molecule has 3 rings (SSSR count). The van der Waals surface area contributed by atoms with Crippen LogP contribution in [0.5, 0.6) is 5.75 Å². The summed E-state index contributed by atoms with van der Waals surface area (Å²) in [6.45, 7) is 0.453. The van der Waals surface area contributed by atoms with Crippen molar-refractivity contribution in [3.8, 4) is 29.0 Å². The molecule has 1 amide bonds. The summed E-state index contributed by atoms with van der Waals surface area (Å²) in [7, 11) is 1.49. The maximum absolute atomic E-state index is 13.2. The fourth-order valence-electron chi connectivity index (χ4n) is 2.60. The van der Waals surface area contributed by atoms with Gasteiger partial charge in [-0.15, -0.1) is 0 Å². The fraction of sp³-hybridized carbons (Fsp3) is 0.182. The maximum atomic E-state index is 13.2. The van der Waals surface area contributed by atoms with Gasteiger partial charge in [0.05, 0.1) is 18.5 Å². The predicted octanol–water partition coefficient (Wildman–Crippen LogP) is 4.25. The Morgan fingerprint density at radius 3 is 2.69 bits per heavy atom. The van der Waals surface area contributed by atoms with Crippen molar-refractivity contribution in [3.05, 3.63) is 65.7 Å². The summed E-state index contributed by atoms with van der Waals surface area (Å²) in [5.41, 5.74) is -0.240. The number of carbonyl (C=O) groups is 1. The van der Waals surface area contributed by atoms with Crippen molar-refractivity contribution in [2.75, 3.05) is 25.6 Å². The first-order chi connectivity index (χ1) is 15.3. The predicted molar refractivity (Wildman–Crippen MR) is 108 cm³/mol. The SMILES string of the molecule is COCCOc1ccc(-c2ncc(C(F)(F)F)[nH]2)cc1NC(=O)C#Cc1cccc(F)c1. The molecule has 0 bridgehead atoms. The second kappa shape index (κ2) is 9.98. The van der Waals surface area contributed by atoms with E-state index >= 15 is 0 Å². The minimum atomic E-state index is -4.57. The van der Waals surface area contributed by atoms with Crippen LogP contribution in [0.4, 0.5) is 23.2 Å². The van der Waals surface area contributed by atoms with E-state index in [9.17, 15) is 22.4 Å². The Morgan fingerprint density at radius 2 is 2.00 bits per heavy atom. The van der Waals surface area contributed by atoms with Gasteiger partial charge in [0.15, 0.2) is 0 Å². The summed E-state index contributed by atoms with van der Waals surface area (Å²) in [6.07, 6.45) is -3.89. The van der Waals surface area contributed by atoms with Gasteiger partial charge in [-0.1, -0.05) is 12.0 Å². The Hall–Kier alpha value is -3.84. The van der Waals surface area contributed by atoms with Crippen LogP contribution in [0, 0.1) is 17.7 Å². The first-order valence-corrected chi connectivity index (χ1v) is 9.23. The molecule has 0 fully saturated rings. The molecule has 2 aromatic carbocycles. The Bertz CT molecular complexity index is 1160. The van der Waals surface area contributed by atoms with Crippen LogP contribution in [0.2, 0.25) is 0 Å². The monoisotopic (exact) mass is 447 g/mol. The number of benzene rings is 2. The summed E-state index contributed by atoms with van der Waals surface area (Å²) in [5, 5.41) is 2.53. The van der Waals surface area contributed by atoms with Crippen molar-refractivity contribution in [2.24, 2.45) is 0 Å². The summed E-state index contributed by atoms with van der Waals surface area (Å²) in [5.74, 6) is 3.88. The van der Waals surface area contributed by atoms with Crippen molar-refractivity contribution >= 4 is 11.6 Å². The summed E-state index contributed by atoms with van der Waals surface area (Å²) in [6, 6.07) is 9.81. The minimum Gasteiger partial charge on any atom is -0.489 e. The third-order valence-corrected chi connectivity index (χ3v) is 4.07. The molecule has 2 N–H and O–H groups in total. The van der Waals surface area contributed by atoms with Crippen LogP contribution in [0.25, 0.3) is 11.4 Å². The quantitative estimate of drug-likeness (QED) is 0.337. The molecule has 6 nitrogen and oxygen atoms in total. The number of ether oxygens (including phenoxy) is 2. The van der Waals surface area contributed by atoms with E-state index in [1.165, 1.54) is 43.5 Å². The van der Waals surface area contributed by atoms with Crippen LogP contribution in [0.3, 0.4) is 0 Å². The molecule has 0 atom stereocenters. The van der Waals surface area contributed by atoms with Gasteiger partial charge in [-0.05, 0) is 36.4 Å². The lowest BCUT2D eigenvalue weighted by Gasteiger charge is -2.12. The second-order valence-electron chi connectivity index (χ2n) is 6.41. The number of methoxy groups -OCH3 is 1. The van der Waals surface area contributed by atoms with Gasteiger partial charge in [-0.2, -0.15) is 13.2 Å². The first-order valence-electron chi connectivity index (χ1n) is 9.23. The fourth-order valence-corrected chi connectivity index (χ4v) is 2.60. The number of H-pyrrole nitrogens is 1. The highest BCUT2D eigenvalue weighted by atomic mass is 19.4. The second-order valence-corrected chi connectivity index (χ2v) is 6.41. The molecule has 1 aromatic heterocycles. The maximum Gasteiger partial charge on any atom is 0.432 e. The highest BCUT2D eigenvalue weighted by Crippen LogP contribution is 2.32. The van der Waals surface area contributed by atoms with Crippen molar-refractivity contribution < 1.29 is 31.8 Å². The Kier molecular flexibility index (Phi) is 7.12. The molecule has 10 heteroatoms. The van der Waals surface area contributed by atoms with Crippen LogP contribution in [0.1, 0.15) is 11.3 Å². The molecule has 0 spiro atoms. The Balaban J connectivity index is 1.86. The molecule has 32 heavy (non-hydrogen) atoms. The van der Waals surface area contributed by atoms with Crippen LogP contribution in [0.15, 0.2) is 48.7 Å². The molecule has 3 aromatic rings. The lowest BCUT2D eigenvalue weighted by Crippen LogP contribution is -2.12. The molecule has 0 unspecified atom stereocenters. The van der Waals surface area contributed by atoms with Gasteiger partial charge >= 0.3 is 12.1 Å². The molecule has 166 valence electrons. The van der Waals surface area contributed by atoms with Gasteiger partial charge in [0, 0.05) is 24.2 Å². The largest absolute Gasteiger partial charge is 0.489 e. The first kappa shape index (κ1) is 22.8. The third-order valence-electron chi connectivity index (χ3n) is 4.07. The smallest absolute Gasteiger partial charge is 0.432 e. The molecular formula is C22H17F4N3O3. The van der Waals surface area contributed by atoms with Gasteiger partial charge in [-0.25, -0.2) is 9.37 Å². The molecule has 0 radical (unpaired) electrons. The van der Waals surface area contributed by atoms with E-state index in [1.54, 1.807) is 6.07 Å². The normalized spacial score (nSPS) is 10.9. The van der Waals surface area contributed by atoms with E-state index in [0.29, 0.717) is 11.8 Å². The van der Waals surface area contributed by atoms with Gasteiger partial charge in [-0.3, -0.25) is 4.79 Å². The number of anilines is 1. The molecule has 0 saturated carbocycles. The zero-order valence-corrected chi connectivity index (χ0v) is 16.7. The van der Waals surface area contributed by atoms with Crippen LogP contribution in [-0.4, -0.2) is 36.2 Å². The lowest BCUT2D eigenvalue weighted by molar-refractivity contribution is -0.140. The Morgan fingerprint density at radius 1 is 1.19 bits per heavy atom. The lowest BCUT2D eigenvalue weighted by atomic mass is 10.1. The highest BCUT2D eigenvalue weighted by molar-refractivity contribution is 6.05. The number of aromatic nitrogens is 2. The van der Waals surface area contributed by atoms with Crippen molar-refractivity contribution in [3.63, 3.8) is 0 Å². The minimum absolute atomic E-state index is 0.0397. The number of nitrogens with one attached hydrogen (secondary N) is 2. The topological polar surface area (TPSA) is 76.2 Å². The molecule has 0 aliphatic rings. The van der Waals surface area contributed by atoms with Crippen LogP contribution < -0.4 is 10.1 Å². The molecule has 0 aliphatic carbocycles. The standard InChI is InChI=1S/C22H17F4N3O3/c1-31-9-10-32-18-7-6-15(21-27-13-19(29-21)22(24,25)26)12-17(18)28-20(30)8-5-14-3-2-4-16(23)11-14/h2-4,6-7,11-13H,9-10H2,1H3,(H,27,29)(H,28,30). The number of hydrogen-bond acceptors (Lipinski definition) is 4. The number of hydrogen-bond donors (Lipinski definition) is 2. The summed E-state index contributed by atoms with van der Waals surface area (Å²) < 4.78 is 62.3. The average Bonchev–Trinajstić information content (AvgIpc) is 3.24. The summed E-state index contributed by atoms with van der Waals surface area (Å²) in [4.78, 5) is 18.3. The molecular weight excluding hydrogens is 430 g/mol. The van der Waals surface area contributed by atoms with Crippen molar-refractivity contribution in [2.45, 2.75) is 6.18 Å². The number of alkyl halides is 3. The average molecular weight is 447 g/mol. The number of amides is 1. The van der Waals surface area contributed by atoms with E-state index in [1.807, 2.05) is 0 Å². The number of carbonyl (C=O) groups excluding carboxylic acids is 1. The van der Waals surface area contributed by atoms with Gasteiger partial charge in [0.25, 0.3) is 0 Å². The summed E-state index contributed by atoms with van der Waals surface area (Å²) >= 11 is 0. The van der Waals surface area contributed by atoms with Crippen LogP contribution in [-0.2, 0) is 15.7 Å². The van der Waals surface area contributed by atoms with Gasteiger partial charge in [0.2, 0.25) is 0 Å². The number of halogens is 4. The number of imidazole rings is 1. The van der Waals surface area contributed by atoms with E-state index in [2.05, 4.69) is 27.1 Å². The number of rotatable bonds is 6. The van der Waals surface area contributed by atoms with E-state index in [-0.39, 0.29) is 36.0 Å². The van der Waals surface area contributed by atoms with Crippen LogP contribution >= 0.6 is 0 Å². The van der Waals surface area contributed by atoms with Gasteiger partial charge in [0.1, 0.15) is 29.7 Å². The molecule has 1 heterocycles. The third kappa shape index (κ3) is 6.09. The van der Waals surface area contributed by atoms with Crippen molar-refractivity contribution in [1.29, 1.82) is 0 Å². The molecule has 0 aliphatic heterocycles. The zero-order valence-electron chi connectivity index (χ0n) is 16.7. The van der Waals surface area contributed by atoms with Gasteiger partial charge < -0.3 is 19.8 Å². The number of nitrogens with zero attached hydrogens (tertiary/aromatic N) is 1.